The number of benzene rings is 1. The molecular weight excluding hydrogens is 206 g/mol. The number of nitrogens with two attached hydrogens (primary N) is 1. The van der Waals surface area contributed by atoms with Crippen LogP contribution in [0.5, 0.6) is 0 Å². The van der Waals surface area contributed by atoms with Gasteiger partial charge in [0.25, 0.3) is 5.69 Å². The largest absolute Gasteiger partial charge is 0.387 e. The summed E-state index contributed by atoms with van der Waals surface area (Å²) >= 11 is 5.77. The monoisotopic (exact) mass is 213 g/mol. The van der Waals surface area contributed by atoms with Gasteiger partial charge in [0.05, 0.1) is 10.8 Å². The van der Waals surface area contributed by atoms with Gasteiger partial charge in [-0.1, -0.05) is 11.6 Å². The summed E-state index contributed by atoms with van der Waals surface area (Å²) in [5.41, 5.74) is 5.62. The van der Waals surface area contributed by atoms with Crippen LogP contribution >= 0.6 is 11.6 Å². The highest BCUT2D eigenvalue weighted by Gasteiger charge is 2.09. The summed E-state index contributed by atoms with van der Waals surface area (Å²) in [4.78, 5) is 9.91. The van der Waals surface area contributed by atoms with E-state index in [2.05, 4.69) is 0 Å². The van der Waals surface area contributed by atoms with E-state index >= 15 is 0 Å². The maximum absolute atomic E-state index is 10.4. The summed E-state index contributed by atoms with van der Waals surface area (Å²) in [6, 6.07) is 4.06. The van der Waals surface area contributed by atoms with E-state index in [0.717, 1.165) is 0 Å². The van der Waals surface area contributed by atoms with Gasteiger partial charge in [-0.05, 0) is 11.6 Å². The molecule has 0 unspecified atom stereocenters. The van der Waals surface area contributed by atoms with Crippen LogP contribution in [0.4, 0.5) is 5.69 Å². The lowest BCUT2D eigenvalue weighted by Crippen LogP contribution is -2.13. The molecule has 0 aliphatic rings. The Hall–Kier alpha value is -1.62. The maximum atomic E-state index is 10.4. The number of nitrogens with zero attached hydrogens (tertiary/aromatic N) is 1. The van der Waals surface area contributed by atoms with E-state index in [1.165, 1.54) is 18.2 Å². The minimum absolute atomic E-state index is 0.0503. The van der Waals surface area contributed by atoms with Gasteiger partial charge in [0.2, 0.25) is 0 Å². The molecule has 1 aromatic rings. The summed E-state index contributed by atoms with van der Waals surface area (Å²) in [6.07, 6.45) is 0.126. The van der Waals surface area contributed by atoms with Crippen LogP contribution in [0, 0.1) is 15.5 Å². The SMILES string of the molecule is N=C(N)Cc1cc([N+](=O)[O-])ccc1Cl. The first kappa shape index (κ1) is 10.5. The van der Waals surface area contributed by atoms with Gasteiger partial charge in [-0.2, -0.15) is 0 Å². The highest BCUT2D eigenvalue weighted by atomic mass is 35.5. The molecule has 6 heteroatoms. The van der Waals surface area contributed by atoms with E-state index < -0.39 is 4.92 Å². The van der Waals surface area contributed by atoms with Crippen LogP contribution < -0.4 is 5.73 Å². The molecular formula is C8H8ClN3O2. The van der Waals surface area contributed by atoms with Gasteiger partial charge in [-0.3, -0.25) is 15.5 Å². The lowest BCUT2D eigenvalue weighted by Gasteiger charge is -2.02. The summed E-state index contributed by atoms with van der Waals surface area (Å²) in [5, 5.41) is 17.9. The van der Waals surface area contributed by atoms with Crippen LogP contribution in [0.3, 0.4) is 0 Å². The van der Waals surface area contributed by atoms with Crippen molar-refractivity contribution in [1.29, 1.82) is 5.41 Å². The Morgan fingerprint density at radius 1 is 1.64 bits per heavy atom. The number of amidine groups is 1. The molecule has 1 rings (SSSR count). The van der Waals surface area contributed by atoms with Gasteiger partial charge in [-0.15, -0.1) is 0 Å². The highest BCUT2D eigenvalue weighted by Crippen LogP contribution is 2.22. The molecule has 0 aliphatic heterocycles. The second kappa shape index (κ2) is 4.06. The Labute approximate surface area is 85.1 Å². The number of hydrogen-bond acceptors (Lipinski definition) is 3. The van der Waals surface area contributed by atoms with Crippen molar-refractivity contribution in [2.45, 2.75) is 6.42 Å². The predicted molar refractivity (Wildman–Crippen MR) is 53.7 cm³/mol. The summed E-state index contributed by atoms with van der Waals surface area (Å²) < 4.78 is 0. The number of hydrogen-bond donors (Lipinski definition) is 2. The fourth-order valence-corrected chi connectivity index (χ4v) is 1.20. The van der Waals surface area contributed by atoms with Crippen LogP contribution in [0.2, 0.25) is 5.02 Å². The van der Waals surface area contributed by atoms with E-state index in [0.29, 0.717) is 10.6 Å². The lowest BCUT2D eigenvalue weighted by atomic mass is 10.1. The second-order valence-electron chi connectivity index (χ2n) is 2.73. The fraction of sp³-hybridized carbons (Fsp3) is 0.125. The molecule has 0 saturated heterocycles. The molecule has 0 spiro atoms. The van der Waals surface area contributed by atoms with Crippen molar-refractivity contribution in [3.8, 4) is 0 Å². The van der Waals surface area contributed by atoms with Crippen molar-refractivity contribution in [1.82, 2.24) is 0 Å². The Morgan fingerprint density at radius 2 is 2.29 bits per heavy atom. The zero-order valence-corrected chi connectivity index (χ0v) is 7.91. The molecule has 0 atom stereocenters. The third-order valence-corrected chi connectivity index (χ3v) is 1.99. The lowest BCUT2D eigenvalue weighted by molar-refractivity contribution is -0.384. The van der Waals surface area contributed by atoms with Gasteiger partial charge in [0, 0.05) is 23.6 Å². The Balaban J connectivity index is 3.08. The van der Waals surface area contributed by atoms with Gasteiger partial charge in [0.15, 0.2) is 0 Å². The molecule has 0 fully saturated rings. The Morgan fingerprint density at radius 3 is 2.79 bits per heavy atom. The van der Waals surface area contributed by atoms with Crippen LogP contribution in [-0.4, -0.2) is 10.8 Å². The molecule has 0 heterocycles. The van der Waals surface area contributed by atoms with E-state index in [1.807, 2.05) is 0 Å². The van der Waals surface area contributed by atoms with Crippen molar-refractivity contribution >= 4 is 23.1 Å². The molecule has 0 amide bonds. The molecule has 0 aliphatic carbocycles. The second-order valence-corrected chi connectivity index (χ2v) is 3.14. The molecule has 1 aromatic carbocycles. The number of rotatable bonds is 3. The summed E-state index contributed by atoms with van der Waals surface area (Å²) in [6.45, 7) is 0. The Kier molecular flexibility index (Phi) is 3.03. The molecule has 3 N–H and O–H groups in total. The van der Waals surface area contributed by atoms with Gasteiger partial charge in [-0.25, -0.2) is 0 Å². The van der Waals surface area contributed by atoms with Crippen LogP contribution in [0.15, 0.2) is 18.2 Å². The van der Waals surface area contributed by atoms with Crippen LogP contribution in [-0.2, 0) is 6.42 Å². The minimum Gasteiger partial charge on any atom is -0.387 e. The molecule has 14 heavy (non-hydrogen) atoms. The zero-order chi connectivity index (χ0) is 10.7. The first-order valence-electron chi connectivity index (χ1n) is 3.76. The summed E-state index contributed by atoms with van der Waals surface area (Å²) in [5.74, 6) is -0.0765. The van der Waals surface area contributed by atoms with Crippen molar-refractivity contribution < 1.29 is 4.92 Å². The summed E-state index contributed by atoms with van der Waals surface area (Å²) in [7, 11) is 0. The number of halogens is 1. The maximum Gasteiger partial charge on any atom is 0.269 e. The first-order valence-corrected chi connectivity index (χ1v) is 4.14. The van der Waals surface area contributed by atoms with Crippen molar-refractivity contribution in [3.05, 3.63) is 38.9 Å². The average molecular weight is 214 g/mol. The molecule has 0 radical (unpaired) electrons. The number of nitrogens with one attached hydrogen (secondary N) is 1. The third kappa shape index (κ3) is 2.43. The number of nitro groups is 1. The fourth-order valence-electron chi connectivity index (χ4n) is 1.02. The topological polar surface area (TPSA) is 93.0 Å². The van der Waals surface area contributed by atoms with E-state index in [1.54, 1.807) is 0 Å². The van der Waals surface area contributed by atoms with Crippen molar-refractivity contribution in [3.63, 3.8) is 0 Å². The molecule has 74 valence electrons. The van der Waals surface area contributed by atoms with Crippen LogP contribution in [0.1, 0.15) is 5.56 Å². The molecule has 0 saturated carbocycles. The highest BCUT2D eigenvalue weighted by molar-refractivity contribution is 6.31. The van der Waals surface area contributed by atoms with Gasteiger partial charge in [0.1, 0.15) is 0 Å². The molecule has 0 bridgehead atoms. The quantitative estimate of drug-likeness (QED) is 0.347. The Bertz CT molecular complexity index is 392. The minimum atomic E-state index is -0.514. The van der Waals surface area contributed by atoms with E-state index in [4.69, 9.17) is 22.7 Å². The third-order valence-electron chi connectivity index (χ3n) is 1.62. The normalized spacial score (nSPS) is 9.79. The first-order chi connectivity index (χ1) is 6.50. The molecule has 5 nitrogen and oxygen atoms in total. The van der Waals surface area contributed by atoms with Crippen molar-refractivity contribution in [2.24, 2.45) is 5.73 Å². The van der Waals surface area contributed by atoms with E-state index in [-0.39, 0.29) is 17.9 Å². The van der Waals surface area contributed by atoms with Gasteiger partial charge < -0.3 is 5.73 Å². The molecule has 0 aromatic heterocycles. The van der Waals surface area contributed by atoms with Crippen molar-refractivity contribution in [2.75, 3.05) is 0 Å². The predicted octanol–water partition coefficient (Wildman–Crippen LogP) is 1.73. The zero-order valence-electron chi connectivity index (χ0n) is 7.16. The number of nitro benzene ring substituents is 1. The number of non-ortho nitro benzene ring substituents is 1. The smallest absolute Gasteiger partial charge is 0.269 e. The van der Waals surface area contributed by atoms with E-state index in [9.17, 15) is 10.1 Å². The standard InChI is InChI=1S/C8H8ClN3O2/c9-7-2-1-6(12(13)14)3-5(7)4-8(10)11/h1-3H,4H2,(H3,10,11). The average Bonchev–Trinajstić information content (AvgIpc) is 2.07. The van der Waals surface area contributed by atoms with Crippen LogP contribution in [0.25, 0.3) is 0 Å². The van der Waals surface area contributed by atoms with Gasteiger partial charge >= 0.3 is 0 Å².